The van der Waals surface area contributed by atoms with E-state index in [1.807, 2.05) is 19.1 Å². The molecule has 0 saturated heterocycles. The Bertz CT molecular complexity index is 690. The van der Waals surface area contributed by atoms with Crippen molar-refractivity contribution in [2.75, 3.05) is 0 Å². The zero-order valence-electron chi connectivity index (χ0n) is 11.3. The topological polar surface area (TPSA) is 66.4 Å². The Kier molecular flexibility index (Phi) is 4.59. The number of nitrogens with one attached hydrogen (secondary N) is 1. The monoisotopic (exact) mass is 311 g/mol. The van der Waals surface area contributed by atoms with Crippen LogP contribution in [0.15, 0.2) is 41.3 Å². The zero-order chi connectivity index (χ0) is 14.8. The van der Waals surface area contributed by atoms with Gasteiger partial charge in [0.15, 0.2) is 0 Å². The van der Waals surface area contributed by atoms with Crippen LogP contribution in [0.25, 0.3) is 0 Å². The molecule has 1 unspecified atom stereocenters. The molecule has 4 nitrogen and oxygen atoms in total. The van der Waals surface area contributed by atoms with E-state index in [0.29, 0.717) is 5.56 Å². The minimum Gasteiger partial charge on any atom is -0.389 e. The van der Waals surface area contributed by atoms with Gasteiger partial charge in [-0.15, -0.1) is 11.3 Å². The average Bonchev–Trinajstić information content (AvgIpc) is 2.82. The molecular formula is C14H17NO3S2. The predicted molar refractivity (Wildman–Crippen MR) is 80.2 cm³/mol. The second kappa shape index (κ2) is 6.05. The maximum atomic E-state index is 12.2. The molecule has 108 valence electrons. The van der Waals surface area contributed by atoms with E-state index in [-0.39, 0.29) is 11.4 Å². The normalized spacial score (nSPS) is 13.3. The van der Waals surface area contributed by atoms with Crippen molar-refractivity contribution in [2.45, 2.75) is 31.4 Å². The van der Waals surface area contributed by atoms with Gasteiger partial charge in [-0.3, -0.25) is 0 Å². The summed E-state index contributed by atoms with van der Waals surface area (Å²) in [4.78, 5) is 2.29. The molecule has 0 amide bonds. The summed E-state index contributed by atoms with van der Waals surface area (Å²) >= 11 is 1.56. The molecule has 0 aliphatic heterocycles. The molecule has 0 aliphatic rings. The van der Waals surface area contributed by atoms with Crippen molar-refractivity contribution >= 4 is 21.4 Å². The van der Waals surface area contributed by atoms with Gasteiger partial charge in [-0.05, 0) is 43.7 Å². The molecule has 0 aliphatic carbocycles. The van der Waals surface area contributed by atoms with Crippen molar-refractivity contribution in [3.63, 3.8) is 0 Å². The van der Waals surface area contributed by atoms with E-state index in [4.69, 9.17) is 0 Å². The molecule has 20 heavy (non-hydrogen) atoms. The van der Waals surface area contributed by atoms with Crippen LogP contribution in [0.5, 0.6) is 0 Å². The molecular weight excluding hydrogens is 294 g/mol. The smallest absolute Gasteiger partial charge is 0.240 e. The van der Waals surface area contributed by atoms with Gasteiger partial charge in [-0.2, -0.15) is 0 Å². The first-order valence-corrected chi connectivity index (χ1v) is 8.51. The average molecular weight is 311 g/mol. The van der Waals surface area contributed by atoms with Crippen molar-refractivity contribution < 1.29 is 13.5 Å². The Morgan fingerprint density at radius 3 is 2.65 bits per heavy atom. The summed E-state index contributed by atoms with van der Waals surface area (Å²) in [6, 6.07) is 10.2. The van der Waals surface area contributed by atoms with Gasteiger partial charge in [0.2, 0.25) is 10.0 Å². The first-order chi connectivity index (χ1) is 9.38. The first-order valence-electron chi connectivity index (χ1n) is 6.21. The molecule has 1 heterocycles. The molecule has 1 atom stereocenters. The maximum Gasteiger partial charge on any atom is 0.240 e. The molecule has 1 aromatic carbocycles. The largest absolute Gasteiger partial charge is 0.389 e. The number of aliphatic hydroxyl groups is 1. The highest BCUT2D eigenvalue weighted by atomic mass is 32.2. The molecule has 6 heteroatoms. The van der Waals surface area contributed by atoms with Crippen LogP contribution in [0, 0.1) is 6.92 Å². The number of hydrogen-bond acceptors (Lipinski definition) is 4. The van der Waals surface area contributed by atoms with Crippen LogP contribution < -0.4 is 4.72 Å². The van der Waals surface area contributed by atoms with Crippen molar-refractivity contribution in [3.05, 3.63) is 51.7 Å². The number of aliphatic hydroxyl groups excluding tert-OH is 1. The number of rotatable bonds is 5. The Labute approximate surface area is 123 Å². The molecule has 0 fully saturated rings. The van der Waals surface area contributed by atoms with E-state index in [2.05, 4.69) is 4.72 Å². The van der Waals surface area contributed by atoms with Gasteiger partial charge in [0.25, 0.3) is 0 Å². The van der Waals surface area contributed by atoms with Gasteiger partial charge < -0.3 is 5.11 Å². The molecule has 1 aromatic heterocycles. The van der Waals surface area contributed by atoms with Crippen LogP contribution in [0.3, 0.4) is 0 Å². The second-order valence-corrected chi connectivity index (χ2v) is 7.72. The van der Waals surface area contributed by atoms with Crippen LogP contribution in [-0.2, 0) is 16.6 Å². The lowest BCUT2D eigenvalue weighted by Crippen LogP contribution is -2.23. The van der Waals surface area contributed by atoms with Crippen molar-refractivity contribution in [3.8, 4) is 0 Å². The van der Waals surface area contributed by atoms with Gasteiger partial charge in [0.1, 0.15) is 0 Å². The van der Waals surface area contributed by atoms with Crippen LogP contribution >= 0.6 is 11.3 Å². The fourth-order valence-corrected chi connectivity index (χ4v) is 3.75. The van der Waals surface area contributed by atoms with Crippen molar-refractivity contribution in [1.82, 2.24) is 4.72 Å². The fraction of sp³-hybridized carbons (Fsp3) is 0.286. The SMILES string of the molecule is Cc1ccc(CNS(=O)(=O)c2cccc(C(C)O)c2)s1. The summed E-state index contributed by atoms with van der Waals surface area (Å²) < 4.78 is 27.0. The number of benzene rings is 1. The van der Waals surface area contributed by atoms with Gasteiger partial charge in [-0.25, -0.2) is 13.1 Å². The van der Waals surface area contributed by atoms with E-state index < -0.39 is 16.1 Å². The van der Waals surface area contributed by atoms with Crippen LogP contribution in [-0.4, -0.2) is 13.5 Å². The summed E-state index contributed by atoms with van der Waals surface area (Å²) in [5.74, 6) is 0. The van der Waals surface area contributed by atoms with Gasteiger partial charge >= 0.3 is 0 Å². The van der Waals surface area contributed by atoms with E-state index in [1.165, 1.54) is 12.1 Å². The van der Waals surface area contributed by atoms with E-state index in [9.17, 15) is 13.5 Å². The number of hydrogen-bond donors (Lipinski definition) is 2. The van der Waals surface area contributed by atoms with Crippen molar-refractivity contribution in [2.24, 2.45) is 0 Å². The number of aryl methyl sites for hydroxylation is 1. The Hall–Kier alpha value is -1.21. The highest BCUT2D eigenvalue weighted by molar-refractivity contribution is 7.89. The molecule has 0 radical (unpaired) electrons. The number of sulfonamides is 1. The summed E-state index contributed by atoms with van der Waals surface area (Å²) in [5, 5.41) is 9.51. The summed E-state index contributed by atoms with van der Waals surface area (Å²) in [6.07, 6.45) is -0.690. The third kappa shape index (κ3) is 3.67. The molecule has 2 N–H and O–H groups in total. The van der Waals surface area contributed by atoms with Gasteiger partial charge in [0, 0.05) is 16.3 Å². The maximum absolute atomic E-state index is 12.2. The molecule has 2 rings (SSSR count). The summed E-state index contributed by atoms with van der Waals surface area (Å²) in [6.45, 7) is 3.86. The standard InChI is InChI=1S/C14H17NO3S2/c1-10-6-7-13(19-10)9-15-20(17,18)14-5-3-4-12(8-14)11(2)16/h3-8,11,15-16H,9H2,1-2H3. The van der Waals surface area contributed by atoms with Crippen LogP contribution in [0.2, 0.25) is 0 Å². The summed E-state index contributed by atoms with van der Waals surface area (Å²) in [5.41, 5.74) is 0.583. The lowest BCUT2D eigenvalue weighted by atomic mass is 10.1. The second-order valence-electron chi connectivity index (χ2n) is 4.59. The highest BCUT2D eigenvalue weighted by Gasteiger charge is 2.15. The summed E-state index contributed by atoms with van der Waals surface area (Å²) in [7, 11) is -3.56. The Balaban J connectivity index is 2.15. The highest BCUT2D eigenvalue weighted by Crippen LogP contribution is 2.19. The lowest BCUT2D eigenvalue weighted by Gasteiger charge is -2.09. The van der Waals surface area contributed by atoms with E-state index in [0.717, 1.165) is 9.75 Å². The fourth-order valence-electron chi connectivity index (χ4n) is 1.77. The zero-order valence-corrected chi connectivity index (χ0v) is 13.0. The molecule has 2 aromatic rings. The van der Waals surface area contributed by atoms with Gasteiger partial charge in [-0.1, -0.05) is 12.1 Å². The third-order valence-corrected chi connectivity index (χ3v) is 5.28. The molecule has 0 saturated carbocycles. The molecule has 0 bridgehead atoms. The van der Waals surface area contributed by atoms with Crippen molar-refractivity contribution in [1.29, 1.82) is 0 Å². The van der Waals surface area contributed by atoms with Crippen LogP contribution in [0.4, 0.5) is 0 Å². The third-order valence-electron chi connectivity index (χ3n) is 2.88. The first kappa shape index (κ1) is 15.2. The number of thiophene rings is 1. The molecule has 0 spiro atoms. The van der Waals surface area contributed by atoms with E-state index in [1.54, 1.807) is 30.4 Å². The Morgan fingerprint density at radius 1 is 1.30 bits per heavy atom. The minimum absolute atomic E-state index is 0.171. The Morgan fingerprint density at radius 2 is 2.05 bits per heavy atom. The predicted octanol–water partition coefficient (Wildman–Crippen LogP) is 2.59. The minimum atomic E-state index is -3.56. The van der Waals surface area contributed by atoms with E-state index >= 15 is 0 Å². The van der Waals surface area contributed by atoms with Crippen LogP contribution in [0.1, 0.15) is 28.3 Å². The quantitative estimate of drug-likeness (QED) is 0.892. The van der Waals surface area contributed by atoms with Gasteiger partial charge in [0.05, 0.1) is 11.0 Å². The lowest BCUT2D eigenvalue weighted by molar-refractivity contribution is 0.199.